The quantitative estimate of drug-likeness (QED) is 0.858. The van der Waals surface area contributed by atoms with E-state index >= 15 is 0 Å². The van der Waals surface area contributed by atoms with Gasteiger partial charge in [-0.3, -0.25) is 0 Å². The Hall–Kier alpha value is -0.380. The number of alkyl halides is 2. The summed E-state index contributed by atoms with van der Waals surface area (Å²) in [5, 5.41) is 3.70. The van der Waals surface area contributed by atoms with E-state index in [9.17, 15) is 8.78 Å². The number of hydrogen-bond donors (Lipinski definition) is 1. The molecule has 1 atom stereocenters. The molecule has 1 rings (SSSR count). The largest absolute Gasteiger partial charge is 0.305 e. The molecule has 1 unspecified atom stereocenters. The summed E-state index contributed by atoms with van der Waals surface area (Å²) in [7, 11) is 0. The van der Waals surface area contributed by atoms with E-state index in [1.165, 1.54) is 0 Å². The molecule has 1 nitrogen and oxygen atoms in total. The fraction of sp³-hybridized carbons (Fsp3) is 0.400. The van der Waals surface area contributed by atoms with Crippen LogP contribution in [0.2, 0.25) is 10.0 Å². The Morgan fingerprint density at radius 1 is 1.33 bits per heavy atom. The van der Waals surface area contributed by atoms with Crippen molar-refractivity contribution in [2.45, 2.75) is 19.4 Å². The molecule has 15 heavy (non-hydrogen) atoms. The predicted octanol–water partition coefficient (Wildman–Crippen LogP) is 3.91. The van der Waals surface area contributed by atoms with Crippen LogP contribution in [0.25, 0.3) is 0 Å². The van der Waals surface area contributed by atoms with Crippen LogP contribution >= 0.6 is 23.2 Å². The summed E-state index contributed by atoms with van der Waals surface area (Å²) in [6.45, 7) is 1.43. The summed E-state index contributed by atoms with van der Waals surface area (Å²) in [6.07, 6.45) is -2.36. The third-order valence-electron chi connectivity index (χ3n) is 2.01. The van der Waals surface area contributed by atoms with Gasteiger partial charge in [0.15, 0.2) is 0 Å². The third-order valence-corrected chi connectivity index (χ3v) is 2.57. The Kier molecular flexibility index (Phi) is 4.77. The first-order valence-electron chi connectivity index (χ1n) is 4.47. The Morgan fingerprint density at radius 3 is 2.53 bits per heavy atom. The standard InChI is InChI=1S/C10H11Cl2F2N/c1-6(15-5-10(13)14)8-3-2-7(11)4-9(8)12/h2-4,6,10,15H,5H2,1H3. The van der Waals surface area contributed by atoms with Crippen molar-refractivity contribution in [2.24, 2.45) is 0 Å². The van der Waals surface area contributed by atoms with Gasteiger partial charge < -0.3 is 5.32 Å². The fourth-order valence-electron chi connectivity index (χ4n) is 1.23. The van der Waals surface area contributed by atoms with Crippen molar-refractivity contribution in [3.8, 4) is 0 Å². The van der Waals surface area contributed by atoms with Crippen molar-refractivity contribution in [1.82, 2.24) is 5.32 Å². The first kappa shape index (κ1) is 12.7. The van der Waals surface area contributed by atoms with Crippen LogP contribution in [0.4, 0.5) is 8.78 Å². The highest BCUT2D eigenvalue weighted by atomic mass is 35.5. The zero-order chi connectivity index (χ0) is 11.4. The van der Waals surface area contributed by atoms with Crippen LogP contribution in [0.3, 0.4) is 0 Å². The van der Waals surface area contributed by atoms with Gasteiger partial charge in [-0.25, -0.2) is 8.78 Å². The van der Waals surface area contributed by atoms with Crippen LogP contribution in [0.15, 0.2) is 18.2 Å². The first-order chi connectivity index (χ1) is 7.00. The van der Waals surface area contributed by atoms with Gasteiger partial charge in [-0.15, -0.1) is 0 Å². The number of hydrogen-bond acceptors (Lipinski definition) is 1. The summed E-state index contributed by atoms with van der Waals surface area (Å²) >= 11 is 11.7. The van der Waals surface area contributed by atoms with Gasteiger partial charge >= 0.3 is 0 Å². The Bertz CT molecular complexity index is 331. The SMILES string of the molecule is CC(NCC(F)F)c1ccc(Cl)cc1Cl. The van der Waals surface area contributed by atoms with E-state index in [4.69, 9.17) is 23.2 Å². The summed E-state index contributed by atoms with van der Waals surface area (Å²) in [4.78, 5) is 0. The summed E-state index contributed by atoms with van der Waals surface area (Å²) in [6, 6.07) is 4.79. The molecule has 0 amide bonds. The maximum absolute atomic E-state index is 12.0. The van der Waals surface area contributed by atoms with Gasteiger partial charge in [-0.05, 0) is 24.6 Å². The van der Waals surface area contributed by atoms with Crippen LogP contribution in [-0.4, -0.2) is 13.0 Å². The van der Waals surface area contributed by atoms with Crippen LogP contribution in [0, 0.1) is 0 Å². The number of halogens is 4. The first-order valence-corrected chi connectivity index (χ1v) is 5.22. The van der Waals surface area contributed by atoms with Crippen molar-refractivity contribution < 1.29 is 8.78 Å². The molecule has 0 aliphatic heterocycles. The number of nitrogens with one attached hydrogen (secondary N) is 1. The van der Waals surface area contributed by atoms with Gasteiger partial charge in [0.1, 0.15) is 0 Å². The smallest absolute Gasteiger partial charge is 0.250 e. The molecule has 1 aromatic rings. The molecule has 0 heterocycles. The average molecular weight is 254 g/mol. The Morgan fingerprint density at radius 2 is 2.00 bits per heavy atom. The van der Waals surface area contributed by atoms with Crippen LogP contribution in [0.1, 0.15) is 18.5 Å². The van der Waals surface area contributed by atoms with Crippen molar-refractivity contribution >= 4 is 23.2 Å². The van der Waals surface area contributed by atoms with Gasteiger partial charge in [-0.1, -0.05) is 29.3 Å². The molecular formula is C10H11Cl2F2N. The zero-order valence-corrected chi connectivity index (χ0v) is 9.62. The van der Waals surface area contributed by atoms with Crippen molar-refractivity contribution in [1.29, 1.82) is 0 Å². The maximum atomic E-state index is 12.0. The molecule has 0 bridgehead atoms. The zero-order valence-electron chi connectivity index (χ0n) is 8.11. The van der Waals surface area contributed by atoms with Gasteiger partial charge in [0, 0.05) is 16.1 Å². The second-order valence-corrected chi connectivity index (χ2v) is 4.03. The Labute approximate surface area is 97.4 Å². The molecule has 0 saturated heterocycles. The van der Waals surface area contributed by atoms with Gasteiger partial charge in [0.05, 0.1) is 6.54 Å². The van der Waals surface area contributed by atoms with E-state index in [0.29, 0.717) is 10.0 Å². The topological polar surface area (TPSA) is 12.0 Å². The summed E-state index contributed by atoms with van der Waals surface area (Å²) in [5.41, 5.74) is 0.765. The molecule has 1 N–H and O–H groups in total. The second-order valence-electron chi connectivity index (χ2n) is 3.19. The van der Waals surface area contributed by atoms with E-state index in [1.807, 2.05) is 0 Å². The number of rotatable bonds is 4. The third kappa shape index (κ3) is 3.93. The van der Waals surface area contributed by atoms with Crippen molar-refractivity contribution in [2.75, 3.05) is 6.54 Å². The molecule has 1 aromatic carbocycles. The average Bonchev–Trinajstić information content (AvgIpc) is 2.14. The lowest BCUT2D eigenvalue weighted by atomic mass is 10.1. The van der Waals surface area contributed by atoms with E-state index in [1.54, 1.807) is 25.1 Å². The monoisotopic (exact) mass is 253 g/mol. The second kappa shape index (κ2) is 5.64. The van der Waals surface area contributed by atoms with Gasteiger partial charge in [0.2, 0.25) is 0 Å². The van der Waals surface area contributed by atoms with E-state index in [-0.39, 0.29) is 12.6 Å². The van der Waals surface area contributed by atoms with Crippen molar-refractivity contribution in [3.05, 3.63) is 33.8 Å². The summed E-state index contributed by atoms with van der Waals surface area (Å²) < 4.78 is 23.9. The molecule has 84 valence electrons. The highest BCUT2D eigenvalue weighted by molar-refractivity contribution is 6.35. The predicted molar refractivity (Wildman–Crippen MR) is 58.9 cm³/mol. The number of benzene rings is 1. The fourth-order valence-corrected chi connectivity index (χ4v) is 1.80. The van der Waals surface area contributed by atoms with Gasteiger partial charge in [-0.2, -0.15) is 0 Å². The minimum atomic E-state index is -2.36. The lowest BCUT2D eigenvalue weighted by Gasteiger charge is -2.15. The molecule has 0 fully saturated rings. The molecular weight excluding hydrogens is 243 g/mol. The van der Waals surface area contributed by atoms with Crippen LogP contribution in [-0.2, 0) is 0 Å². The molecule has 0 spiro atoms. The van der Waals surface area contributed by atoms with Crippen LogP contribution in [0.5, 0.6) is 0 Å². The molecule has 0 saturated carbocycles. The lowest BCUT2D eigenvalue weighted by molar-refractivity contribution is 0.142. The highest BCUT2D eigenvalue weighted by Gasteiger charge is 2.11. The summed E-state index contributed by atoms with van der Waals surface area (Å²) in [5.74, 6) is 0. The molecule has 0 aliphatic carbocycles. The van der Waals surface area contributed by atoms with Crippen molar-refractivity contribution in [3.63, 3.8) is 0 Å². The minimum absolute atomic E-state index is 0.219. The van der Waals surface area contributed by atoms with Gasteiger partial charge in [0.25, 0.3) is 6.43 Å². The normalized spacial score (nSPS) is 13.2. The molecule has 0 aromatic heterocycles. The lowest BCUT2D eigenvalue weighted by Crippen LogP contribution is -2.24. The molecule has 0 radical (unpaired) electrons. The Balaban J connectivity index is 2.69. The minimum Gasteiger partial charge on any atom is -0.305 e. The molecule has 5 heteroatoms. The van der Waals surface area contributed by atoms with E-state index in [2.05, 4.69) is 5.32 Å². The maximum Gasteiger partial charge on any atom is 0.250 e. The van der Waals surface area contributed by atoms with Crippen LogP contribution < -0.4 is 5.32 Å². The highest BCUT2D eigenvalue weighted by Crippen LogP contribution is 2.25. The molecule has 0 aliphatic rings. The van der Waals surface area contributed by atoms with E-state index in [0.717, 1.165) is 5.56 Å². The van der Waals surface area contributed by atoms with E-state index < -0.39 is 6.43 Å².